The summed E-state index contributed by atoms with van der Waals surface area (Å²) in [5.74, 6) is 2.31. The maximum atomic E-state index is 11.9. The van der Waals surface area contributed by atoms with E-state index in [9.17, 15) is 4.79 Å². The molecule has 1 N–H and O–H groups in total. The first-order chi connectivity index (χ1) is 10.1. The lowest BCUT2D eigenvalue weighted by molar-refractivity contribution is -0.120. The summed E-state index contributed by atoms with van der Waals surface area (Å²) in [6.45, 7) is 4.14. The van der Waals surface area contributed by atoms with Crippen molar-refractivity contribution in [1.29, 1.82) is 0 Å². The van der Waals surface area contributed by atoms with Crippen molar-refractivity contribution in [1.82, 2.24) is 14.9 Å². The third kappa shape index (κ3) is 3.67. The number of para-hydroxylation sites is 1. The first kappa shape index (κ1) is 15.2. The lowest BCUT2D eigenvalue weighted by Crippen LogP contribution is -2.31. The highest BCUT2D eigenvalue weighted by molar-refractivity contribution is 8.00. The van der Waals surface area contributed by atoms with Gasteiger partial charge in [-0.05, 0) is 25.5 Å². The highest BCUT2D eigenvalue weighted by Gasteiger charge is 2.17. The van der Waals surface area contributed by atoms with Crippen LogP contribution in [0.3, 0.4) is 0 Å². The molecule has 4 nitrogen and oxygen atoms in total. The Balaban J connectivity index is 2.17. The van der Waals surface area contributed by atoms with Crippen molar-refractivity contribution < 1.29 is 4.79 Å². The molecule has 1 amide bonds. The third-order valence-corrected chi connectivity index (χ3v) is 4.08. The third-order valence-electron chi connectivity index (χ3n) is 3.00. The number of benzene rings is 1. The van der Waals surface area contributed by atoms with Gasteiger partial charge in [0.2, 0.25) is 5.91 Å². The number of thioether (sulfide) groups is 1. The van der Waals surface area contributed by atoms with E-state index in [0.717, 1.165) is 16.4 Å². The molecule has 0 aliphatic heterocycles. The van der Waals surface area contributed by atoms with Crippen LogP contribution in [-0.4, -0.2) is 27.3 Å². The minimum atomic E-state index is -0.261. The van der Waals surface area contributed by atoms with Crippen LogP contribution in [-0.2, 0) is 4.79 Å². The van der Waals surface area contributed by atoms with Crippen LogP contribution in [0.15, 0.2) is 41.8 Å². The fraction of sp³-hybridized carbons (Fsp3) is 0.250. The molecule has 1 unspecified atom stereocenters. The van der Waals surface area contributed by atoms with Gasteiger partial charge in [0, 0.05) is 12.4 Å². The van der Waals surface area contributed by atoms with Crippen LogP contribution in [0, 0.1) is 19.3 Å². The number of aryl methyl sites for hydroxylation is 1. The molecule has 108 valence electrons. The van der Waals surface area contributed by atoms with Crippen LogP contribution >= 0.6 is 11.8 Å². The molecule has 0 aliphatic carbocycles. The second kappa shape index (κ2) is 7.00. The lowest BCUT2D eigenvalue weighted by Gasteiger charge is -2.13. The van der Waals surface area contributed by atoms with E-state index in [4.69, 9.17) is 6.42 Å². The summed E-state index contributed by atoms with van der Waals surface area (Å²) in [4.78, 5) is 16.2. The quantitative estimate of drug-likeness (QED) is 0.681. The van der Waals surface area contributed by atoms with Gasteiger partial charge in [-0.25, -0.2) is 4.98 Å². The topological polar surface area (TPSA) is 46.9 Å². The normalized spacial score (nSPS) is 11.7. The fourth-order valence-electron chi connectivity index (χ4n) is 1.89. The number of nitrogens with one attached hydrogen (secondary N) is 1. The predicted octanol–water partition coefficient (Wildman–Crippen LogP) is 2.41. The summed E-state index contributed by atoms with van der Waals surface area (Å²) in [5.41, 5.74) is 2.22. The standard InChI is InChI=1S/C16H17N3OS/c1-4-9-17-15(20)13(3)21-16-18-10-11-19(16)14-8-6-5-7-12(14)2/h1,5-8,10-11,13H,9H2,2-3H3,(H,17,20). The molecule has 0 spiro atoms. The number of rotatable bonds is 5. The first-order valence-corrected chi connectivity index (χ1v) is 7.48. The Morgan fingerprint density at radius 2 is 2.29 bits per heavy atom. The van der Waals surface area contributed by atoms with Gasteiger partial charge >= 0.3 is 0 Å². The van der Waals surface area contributed by atoms with Crippen molar-refractivity contribution >= 4 is 17.7 Å². The van der Waals surface area contributed by atoms with Crippen molar-refractivity contribution in [2.24, 2.45) is 0 Å². The largest absolute Gasteiger partial charge is 0.344 e. The molecule has 0 bridgehead atoms. The van der Waals surface area contributed by atoms with Gasteiger partial charge in [-0.1, -0.05) is 35.9 Å². The number of hydrogen-bond acceptors (Lipinski definition) is 3. The van der Waals surface area contributed by atoms with Crippen molar-refractivity contribution in [3.05, 3.63) is 42.2 Å². The highest BCUT2D eigenvalue weighted by Crippen LogP contribution is 2.25. The number of hydrogen-bond donors (Lipinski definition) is 1. The number of nitrogens with zero attached hydrogens (tertiary/aromatic N) is 2. The minimum absolute atomic E-state index is 0.0858. The summed E-state index contributed by atoms with van der Waals surface area (Å²) in [6.07, 6.45) is 8.78. The molecule has 1 aromatic heterocycles. The summed E-state index contributed by atoms with van der Waals surface area (Å²) in [6, 6.07) is 8.06. The van der Waals surface area contributed by atoms with Gasteiger partial charge in [-0.3, -0.25) is 9.36 Å². The van der Waals surface area contributed by atoms with Gasteiger partial charge in [0.1, 0.15) is 0 Å². The maximum Gasteiger partial charge on any atom is 0.234 e. The summed E-state index contributed by atoms with van der Waals surface area (Å²) in [7, 11) is 0. The molecule has 0 fully saturated rings. The molecular weight excluding hydrogens is 282 g/mol. The molecule has 5 heteroatoms. The molecule has 0 saturated heterocycles. The van der Waals surface area contributed by atoms with Crippen LogP contribution < -0.4 is 5.32 Å². The fourth-order valence-corrected chi connectivity index (χ4v) is 2.79. The molecule has 2 aromatic rings. The van der Waals surface area contributed by atoms with E-state index in [1.807, 2.05) is 48.9 Å². The van der Waals surface area contributed by atoms with Gasteiger partial charge in [-0.2, -0.15) is 0 Å². The lowest BCUT2D eigenvalue weighted by atomic mass is 10.2. The molecule has 1 heterocycles. The number of carbonyl (C=O) groups is 1. The van der Waals surface area contributed by atoms with Gasteiger partial charge in [0.15, 0.2) is 5.16 Å². The second-order valence-corrected chi connectivity index (χ2v) is 5.86. The average molecular weight is 299 g/mol. The molecular formula is C16H17N3OS. The van der Waals surface area contributed by atoms with Crippen molar-refractivity contribution in [2.75, 3.05) is 6.54 Å². The van der Waals surface area contributed by atoms with Gasteiger partial charge < -0.3 is 5.32 Å². The predicted molar refractivity (Wildman–Crippen MR) is 85.5 cm³/mol. The van der Waals surface area contributed by atoms with Crippen LogP contribution in [0.1, 0.15) is 12.5 Å². The minimum Gasteiger partial charge on any atom is -0.344 e. The van der Waals surface area contributed by atoms with Gasteiger partial charge in [0.25, 0.3) is 0 Å². The van der Waals surface area contributed by atoms with Gasteiger partial charge in [0.05, 0.1) is 17.5 Å². The Morgan fingerprint density at radius 1 is 1.52 bits per heavy atom. The zero-order chi connectivity index (χ0) is 15.2. The molecule has 0 radical (unpaired) electrons. The Hall–Kier alpha value is -2.19. The first-order valence-electron chi connectivity index (χ1n) is 6.60. The Morgan fingerprint density at radius 3 is 3.00 bits per heavy atom. The summed E-state index contributed by atoms with van der Waals surface area (Å²) < 4.78 is 1.99. The average Bonchev–Trinajstić information content (AvgIpc) is 2.93. The van der Waals surface area contributed by atoms with E-state index in [0.29, 0.717) is 0 Å². The van der Waals surface area contributed by atoms with Crippen molar-refractivity contribution in [2.45, 2.75) is 24.3 Å². The highest BCUT2D eigenvalue weighted by atomic mass is 32.2. The SMILES string of the molecule is C#CCNC(=O)C(C)Sc1nccn1-c1ccccc1C. The molecule has 21 heavy (non-hydrogen) atoms. The van der Waals surface area contributed by atoms with E-state index >= 15 is 0 Å². The molecule has 2 rings (SSSR count). The molecule has 1 aromatic carbocycles. The molecule has 0 saturated carbocycles. The molecule has 1 atom stereocenters. The number of carbonyl (C=O) groups excluding carboxylic acids is 1. The zero-order valence-electron chi connectivity index (χ0n) is 12.0. The van der Waals surface area contributed by atoms with Crippen LogP contribution in [0.25, 0.3) is 5.69 Å². The van der Waals surface area contributed by atoms with Crippen molar-refractivity contribution in [3.8, 4) is 18.0 Å². The van der Waals surface area contributed by atoms with E-state index in [1.165, 1.54) is 11.8 Å². The number of amides is 1. The smallest absolute Gasteiger partial charge is 0.234 e. The van der Waals surface area contributed by atoms with E-state index in [2.05, 4.69) is 16.2 Å². The summed E-state index contributed by atoms with van der Waals surface area (Å²) >= 11 is 1.41. The second-order valence-electron chi connectivity index (χ2n) is 4.55. The van der Waals surface area contributed by atoms with Gasteiger partial charge in [-0.15, -0.1) is 6.42 Å². The number of terminal acetylenes is 1. The van der Waals surface area contributed by atoms with Crippen molar-refractivity contribution in [3.63, 3.8) is 0 Å². The van der Waals surface area contributed by atoms with Crippen LogP contribution in [0.5, 0.6) is 0 Å². The van der Waals surface area contributed by atoms with E-state index in [-0.39, 0.29) is 17.7 Å². The molecule has 0 aliphatic rings. The monoisotopic (exact) mass is 299 g/mol. The van der Waals surface area contributed by atoms with Crippen LogP contribution in [0.2, 0.25) is 0 Å². The van der Waals surface area contributed by atoms with Crippen LogP contribution in [0.4, 0.5) is 0 Å². The maximum absolute atomic E-state index is 11.9. The Kier molecular flexibility index (Phi) is 5.07. The van der Waals surface area contributed by atoms with E-state index < -0.39 is 0 Å². The zero-order valence-corrected chi connectivity index (χ0v) is 12.9. The number of imidazole rings is 1. The van der Waals surface area contributed by atoms with E-state index in [1.54, 1.807) is 6.20 Å². The number of aromatic nitrogens is 2. The Labute approximate surface area is 129 Å². The summed E-state index contributed by atoms with van der Waals surface area (Å²) in [5, 5.41) is 3.21. The Bertz CT molecular complexity index is 672.